The first-order valence-electron chi connectivity index (χ1n) is 12.2. The van der Waals surface area contributed by atoms with E-state index in [1.54, 1.807) is 14.2 Å². The van der Waals surface area contributed by atoms with Gasteiger partial charge in [-0.1, -0.05) is 26.2 Å². The molecule has 1 aliphatic rings. The molecule has 9 heteroatoms. The largest absolute Gasteiger partial charge is 0.497 e. The maximum Gasteiger partial charge on any atom is 0.332 e. The van der Waals surface area contributed by atoms with Crippen LogP contribution in [0.5, 0.6) is 5.75 Å². The van der Waals surface area contributed by atoms with E-state index in [1.807, 2.05) is 12.1 Å². The van der Waals surface area contributed by atoms with Crippen LogP contribution in [-0.2, 0) is 27.2 Å². The number of ether oxygens (including phenoxy) is 1. The predicted molar refractivity (Wildman–Crippen MR) is 135 cm³/mol. The monoisotopic (exact) mass is 468 g/mol. The summed E-state index contributed by atoms with van der Waals surface area (Å²) in [6.45, 7) is 7.24. The average molecular weight is 469 g/mol. The number of fused-ring (bicyclic) bond motifs is 1. The van der Waals surface area contributed by atoms with E-state index in [-0.39, 0.29) is 11.2 Å². The van der Waals surface area contributed by atoms with E-state index in [2.05, 4.69) is 33.4 Å². The van der Waals surface area contributed by atoms with Crippen molar-refractivity contribution in [3.8, 4) is 5.75 Å². The number of imidazole rings is 1. The first kappa shape index (κ1) is 24.1. The third kappa shape index (κ3) is 4.75. The molecular weight excluding hydrogens is 432 g/mol. The standard InChI is InChI=1S/C25H36N6O3/c1-5-6-7-8-13-31-21(26-23-22(31)24(32)28(3)25(33)27(23)2)18-29-14-16-30(17-15-29)19-9-11-20(34-4)12-10-19/h9-12H,5-8,13-18H2,1-4H3. The Morgan fingerprint density at radius 1 is 0.941 bits per heavy atom. The average Bonchev–Trinajstić information content (AvgIpc) is 3.22. The summed E-state index contributed by atoms with van der Waals surface area (Å²) in [6.07, 6.45) is 4.43. The molecule has 0 unspecified atom stereocenters. The molecule has 0 atom stereocenters. The molecule has 0 bridgehead atoms. The van der Waals surface area contributed by atoms with Crippen molar-refractivity contribution in [3.63, 3.8) is 0 Å². The zero-order valence-corrected chi connectivity index (χ0v) is 20.8. The van der Waals surface area contributed by atoms with E-state index in [4.69, 9.17) is 9.72 Å². The van der Waals surface area contributed by atoms with Gasteiger partial charge in [-0.2, -0.15) is 0 Å². The summed E-state index contributed by atoms with van der Waals surface area (Å²) in [7, 11) is 4.91. The quantitative estimate of drug-likeness (QED) is 0.449. The molecule has 1 aromatic carbocycles. The normalized spacial score (nSPS) is 14.8. The Bertz CT molecular complexity index is 1230. The lowest BCUT2D eigenvalue weighted by molar-refractivity contribution is 0.240. The van der Waals surface area contributed by atoms with Crippen molar-refractivity contribution < 1.29 is 4.74 Å². The SMILES string of the molecule is CCCCCCn1c(CN2CCN(c3ccc(OC)cc3)CC2)nc2c1c(=O)n(C)c(=O)n2C. The number of benzene rings is 1. The minimum absolute atomic E-state index is 0.267. The van der Waals surface area contributed by atoms with Crippen LogP contribution in [0.2, 0.25) is 0 Å². The molecule has 34 heavy (non-hydrogen) atoms. The fraction of sp³-hybridized carbons (Fsp3) is 0.560. The summed E-state index contributed by atoms with van der Waals surface area (Å²) < 4.78 is 10.0. The molecule has 184 valence electrons. The molecule has 9 nitrogen and oxygen atoms in total. The van der Waals surface area contributed by atoms with Gasteiger partial charge >= 0.3 is 5.69 Å². The van der Waals surface area contributed by atoms with Crippen molar-refractivity contribution in [1.29, 1.82) is 0 Å². The Hall–Kier alpha value is -3.07. The second-order valence-corrected chi connectivity index (χ2v) is 9.08. The molecule has 0 amide bonds. The highest BCUT2D eigenvalue weighted by Crippen LogP contribution is 2.22. The maximum absolute atomic E-state index is 13.0. The summed E-state index contributed by atoms with van der Waals surface area (Å²) in [5, 5.41) is 0. The predicted octanol–water partition coefficient (Wildman–Crippen LogP) is 2.34. The lowest BCUT2D eigenvalue weighted by Gasteiger charge is -2.36. The van der Waals surface area contributed by atoms with Crippen LogP contribution >= 0.6 is 0 Å². The number of anilines is 1. The first-order chi connectivity index (χ1) is 16.4. The minimum Gasteiger partial charge on any atom is -0.497 e. The van der Waals surface area contributed by atoms with Crippen molar-refractivity contribution >= 4 is 16.9 Å². The van der Waals surface area contributed by atoms with E-state index in [0.29, 0.717) is 17.7 Å². The molecule has 1 saturated heterocycles. The number of aryl methyl sites for hydroxylation is 2. The van der Waals surface area contributed by atoms with Crippen LogP contribution in [0.4, 0.5) is 5.69 Å². The Morgan fingerprint density at radius 3 is 2.29 bits per heavy atom. The lowest BCUT2D eigenvalue weighted by atomic mass is 10.2. The van der Waals surface area contributed by atoms with E-state index in [9.17, 15) is 9.59 Å². The van der Waals surface area contributed by atoms with E-state index in [0.717, 1.165) is 63.6 Å². The smallest absolute Gasteiger partial charge is 0.332 e. The summed E-state index contributed by atoms with van der Waals surface area (Å²) >= 11 is 0. The highest BCUT2D eigenvalue weighted by atomic mass is 16.5. The Balaban J connectivity index is 1.55. The van der Waals surface area contributed by atoms with Crippen molar-refractivity contribution in [2.75, 3.05) is 38.2 Å². The molecule has 2 aromatic heterocycles. The Labute approximate surface area is 200 Å². The van der Waals surface area contributed by atoms with Crippen molar-refractivity contribution in [1.82, 2.24) is 23.6 Å². The van der Waals surface area contributed by atoms with Gasteiger partial charge < -0.3 is 14.2 Å². The van der Waals surface area contributed by atoms with Crippen LogP contribution < -0.4 is 20.9 Å². The molecule has 3 heterocycles. The maximum atomic E-state index is 13.0. The van der Waals surface area contributed by atoms with Gasteiger partial charge in [-0.15, -0.1) is 0 Å². The van der Waals surface area contributed by atoms with Gasteiger partial charge in [0.1, 0.15) is 11.6 Å². The number of hydrogen-bond acceptors (Lipinski definition) is 6. The van der Waals surface area contributed by atoms with Crippen LogP contribution in [0.3, 0.4) is 0 Å². The summed E-state index contributed by atoms with van der Waals surface area (Å²) in [4.78, 5) is 35.1. The Morgan fingerprint density at radius 2 is 1.65 bits per heavy atom. The molecule has 4 rings (SSSR count). The van der Waals surface area contributed by atoms with E-state index >= 15 is 0 Å². The first-order valence-corrected chi connectivity index (χ1v) is 12.2. The molecule has 0 saturated carbocycles. The lowest BCUT2D eigenvalue weighted by Crippen LogP contribution is -2.46. The molecule has 0 N–H and O–H groups in total. The van der Waals surface area contributed by atoms with Crippen LogP contribution in [-0.4, -0.2) is 56.9 Å². The second kappa shape index (κ2) is 10.5. The number of piperazine rings is 1. The number of aromatic nitrogens is 4. The number of methoxy groups -OCH3 is 1. The van der Waals surface area contributed by atoms with Gasteiger partial charge in [0.25, 0.3) is 5.56 Å². The van der Waals surface area contributed by atoms with Gasteiger partial charge in [-0.05, 0) is 30.7 Å². The van der Waals surface area contributed by atoms with Crippen molar-refractivity contribution in [3.05, 3.63) is 50.9 Å². The van der Waals surface area contributed by atoms with E-state index < -0.39 is 0 Å². The van der Waals surface area contributed by atoms with Crippen molar-refractivity contribution in [2.24, 2.45) is 14.1 Å². The fourth-order valence-electron chi connectivity index (χ4n) is 4.71. The van der Waals surface area contributed by atoms with Gasteiger partial charge in [-0.25, -0.2) is 9.78 Å². The van der Waals surface area contributed by atoms with Gasteiger partial charge in [0, 0.05) is 52.5 Å². The highest BCUT2D eigenvalue weighted by molar-refractivity contribution is 5.71. The minimum atomic E-state index is -0.340. The second-order valence-electron chi connectivity index (χ2n) is 9.08. The highest BCUT2D eigenvalue weighted by Gasteiger charge is 2.23. The third-order valence-corrected chi connectivity index (χ3v) is 6.84. The number of rotatable bonds is 9. The van der Waals surface area contributed by atoms with E-state index in [1.165, 1.54) is 28.3 Å². The van der Waals surface area contributed by atoms with Crippen LogP contribution in [0.15, 0.2) is 33.9 Å². The summed E-state index contributed by atoms with van der Waals surface area (Å²) in [6, 6.07) is 8.18. The fourth-order valence-corrected chi connectivity index (χ4v) is 4.71. The topological polar surface area (TPSA) is 77.5 Å². The molecule has 1 fully saturated rings. The van der Waals surface area contributed by atoms with Gasteiger partial charge in [0.2, 0.25) is 0 Å². The zero-order chi connectivity index (χ0) is 24.2. The number of unbranched alkanes of at least 4 members (excludes halogenated alkanes) is 3. The third-order valence-electron chi connectivity index (χ3n) is 6.84. The van der Waals surface area contributed by atoms with Gasteiger partial charge in [-0.3, -0.25) is 18.8 Å². The van der Waals surface area contributed by atoms with Gasteiger partial charge in [0.05, 0.1) is 13.7 Å². The molecule has 0 spiro atoms. The Kier molecular flexibility index (Phi) is 7.41. The van der Waals surface area contributed by atoms with Crippen LogP contribution in [0.25, 0.3) is 11.2 Å². The molecular formula is C25H36N6O3. The molecule has 0 aliphatic carbocycles. The summed E-state index contributed by atoms with van der Waals surface area (Å²) in [5.41, 5.74) is 1.61. The summed E-state index contributed by atoms with van der Waals surface area (Å²) in [5.74, 6) is 1.73. The van der Waals surface area contributed by atoms with Crippen molar-refractivity contribution in [2.45, 2.75) is 45.7 Å². The van der Waals surface area contributed by atoms with Gasteiger partial charge in [0.15, 0.2) is 11.2 Å². The number of hydrogen-bond donors (Lipinski definition) is 0. The van der Waals surface area contributed by atoms with Crippen LogP contribution in [0, 0.1) is 0 Å². The molecule has 3 aromatic rings. The zero-order valence-electron chi connectivity index (χ0n) is 20.8. The van der Waals surface area contributed by atoms with Crippen LogP contribution in [0.1, 0.15) is 38.4 Å². The number of nitrogens with zero attached hydrogens (tertiary/aromatic N) is 6. The molecule has 1 aliphatic heterocycles. The molecule has 0 radical (unpaired) electrons.